The number of hydrogen-bond acceptors (Lipinski definition) is 6. The highest BCUT2D eigenvalue weighted by atomic mass is 32.2. The average Bonchev–Trinajstić information content (AvgIpc) is 2.92. The van der Waals surface area contributed by atoms with Crippen molar-refractivity contribution in [2.24, 2.45) is 5.10 Å². The van der Waals surface area contributed by atoms with Crippen molar-refractivity contribution in [1.29, 1.82) is 0 Å². The monoisotopic (exact) mass is 297 g/mol. The van der Waals surface area contributed by atoms with E-state index in [-0.39, 0.29) is 10.6 Å². The molecule has 2 aromatic rings. The van der Waals surface area contributed by atoms with E-state index in [1.54, 1.807) is 12.1 Å². The summed E-state index contributed by atoms with van der Waals surface area (Å²) in [5.41, 5.74) is 0.00281. The topological polar surface area (TPSA) is 119 Å². The molecule has 9 heteroatoms. The second-order valence-electron chi connectivity index (χ2n) is 3.70. The Morgan fingerprint density at radius 1 is 1.30 bits per heavy atom. The minimum Gasteiger partial charge on any atom is -0.595 e. The largest absolute Gasteiger partial charge is 0.595 e. The molecular formula is C11H11N3O5S. The maximum absolute atomic E-state index is 11.8. The molecule has 0 amide bonds. The van der Waals surface area contributed by atoms with Crippen molar-refractivity contribution >= 4 is 21.9 Å². The normalized spacial score (nSPS) is 13.5. The molecule has 0 spiro atoms. The van der Waals surface area contributed by atoms with Gasteiger partial charge in [-0.3, -0.25) is 0 Å². The smallest absolute Gasteiger partial charge is 0.276 e. The van der Waals surface area contributed by atoms with Gasteiger partial charge in [0.15, 0.2) is 5.69 Å². The summed E-state index contributed by atoms with van der Waals surface area (Å²) >= 11 is 0. The molecule has 1 aromatic heterocycles. The third kappa shape index (κ3) is 3.42. The fraction of sp³-hybridized carbons (Fsp3) is 0. The minimum atomic E-state index is -3.84. The second-order valence-corrected chi connectivity index (χ2v) is 5.36. The lowest BCUT2D eigenvalue weighted by Crippen LogP contribution is -2.99. The Morgan fingerprint density at radius 2 is 2.00 bits per heavy atom. The van der Waals surface area contributed by atoms with Crippen LogP contribution in [-0.4, -0.2) is 19.8 Å². The molecule has 106 valence electrons. The molecule has 1 heterocycles. The van der Waals surface area contributed by atoms with Gasteiger partial charge in [0.05, 0.1) is 17.4 Å². The molecule has 0 aliphatic carbocycles. The van der Waals surface area contributed by atoms with Gasteiger partial charge in [0.1, 0.15) is 5.76 Å². The van der Waals surface area contributed by atoms with E-state index >= 15 is 0 Å². The maximum Gasteiger partial charge on any atom is 0.276 e. The van der Waals surface area contributed by atoms with Crippen LogP contribution in [0.25, 0.3) is 0 Å². The third-order valence-corrected chi connectivity index (χ3v) is 3.56. The summed E-state index contributed by atoms with van der Waals surface area (Å²) < 4.78 is 28.6. The number of hydrazone groups is 1. The van der Waals surface area contributed by atoms with Gasteiger partial charge in [-0.25, -0.2) is 5.21 Å². The van der Waals surface area contributed by atoms with Crippen molar-refractivity contribution in [1.82, 2.24) is 4.83 Å². The number of furan rings is 1. The lowest BCUT2D eigenvalue weighted by molar-refractivity contribution is -0.991. The first-order chi connectivity index (χ1) is 9.49. The van der Waals surface area contributed by atoms with Gasteiger partial charge in [-0.15, -0.1) is 0 Å². The number of benzene rings is 1. The molecular weight excluding hydrogens is 286 g/mol. The van der Waals surface area contributed by atoms with Crippen molar-refractivity contribution in [3.63, 3.8) is 0 Å². The van der Waals surface area contributed by atoms with E-state index in [0.717, 1.165) is 0 Å². The molecule has 2 rings (SSSR count). The lowest BCUT2D eigenvalue weighted by Gasteiger charge is -2.11. The second kappa shape index (κ2) is 5.84. The molecule has 1 atom stereocenters. The molecule has 20 heavy (non-hydrogen) atoms. The summed E-state index contributed by atoms with van der Waals surface area (Å²) in [6.45, 7) is 0. The molecule has 3 N–H and O–H groups in total. The summed E-state index contributed by atoms with van der Waals surface area (Å²) in [6.07, 6.45) is 2.64. The molecule has 0 saturated carbocycles. The van der Waals surface area contributed by atoms with Crippen molar-refractivity contribution in [2.75, 3.05) is 0 Å². The van der Waals surface area contributed by atoms with E-state index in [1.807, 2.05) is 4.83 Å². The molecule has 0 aliphatic heterocycles. The highest BCUT2D eigenvalue weighted by Crippen LogP contribution is 2.11. The number of quaternary nitrogens is 1. The summed E-state index contributed by atoms with van der Waals surface area (Å²) in [5, 5.41) is 21.8. The third-order valence-electron chi connectivity index (χ3n) is 2.32. The zero-order valence-corrected chi connectivity index (χ0v) is 10.9. The standard InChI is InChI=1S/C11H11N3O5S/c15-14(16)9-3-5-11(6-4-9)20(17,18)13-12-8-10-2-1-7-19-10/h1-8,13-15H/b12-8-. The fourth-order valence-electron chi connectivity index (χ4n) is 1.35. The van der Waals surface area contributed by atoms with Crippen LogP contribution < -0.4 is 10.1 Å². The summed E-state index contributed by atoms with van der Waals surface area (Å²) in [5.74, 6) is 0.397. The first-order valence-electron chi connectivity index (χ1n) is 5.41. The van der Waals surface area contributed by atoms with Gasteiger partial charge >= 0.3 is 0 Å². The van der Waals surface area contributed by atoms with E-state index in [9.17, 15) is 13.6 Å². The van der Waals surface area contributed by atoms with E-state index < -0.39 is 15.2 Å². The van der Waals surface area contributed by atoms with Crippen molar-refractivity contribution < 1.29 is 23.3 Å². The van der Waals surface area contributed by atoms with Crippen LogP contribution in [0.5, 0.6) is 0 Å². The van der Waals surface area contributed by atoms with Gasteiger partial charge in [-0.2, -0.15) is 23.6 Å². The van der Waals surface area contributed by atoms with Crippen LogP contribution in [0.1, 0.15) is 5.76 Å². The lowest BCUT2D eigenvalue weighted by atomic mass is 10.3. The van der Waals surface area contributed by atoms with Crippen molar-refractivity contribution in [3.8, 4) is 0 Å². The first-order valence-corrected chi connectivity index (χ1v) is 6.89. The maximum atomic E-state index is 11.8. The molecule has 0 radical (unpaired) electrons. The Kier molecular flexibility index (Phi) is 4.15. The fourth-order valence-corrected chi connectivity index (χ4v) is 2.14. The molecule has 1 unspecified atom stereocenters. The predicted molar refractivity (Wildman–Crippen MR) is 68.8 cm³/mol. The highest BCUT2D eigenvalue weighted by Gasteiger charge is 2.13. The molecule has 1 aromatic carbocycles. The zero-order chi connectivity index (χ0) is 14.6. The predicted octanol–water partition coefficient (Wildman–Crippen LogP) is -0.00460. The Morgan fingerprint density at radius 3 is 2.55 bits per heavy atom. The van der Waals surface area contributed by atoms with Crippen LogP contribution >= 0.6 is 0 Å². The van der Waals surface area contributed by atoms with E-state index in [1.165, 1.54) is 36.7 Å². The van der Waals surface area contributed by atoms with Gasteiger partial charge in [0.2, 0.25) is 0 Å². The molecule has 8 nitrogen and oxygen atoms in total. The Hall–Kier alpha value is -2.20. The Bertz CT molecular complexity index is 677. The van der Waals surface area contributed by atoms with Crippen LogP contribution in [-0.2, 0) is 10.0 Å². The number of hydrogen-bond donors (Lipinski definition) is 3. The first kappa shape index (κ1) is 14.2. The minimum absolute atomic E-state index is 0.00281. The van der Waals surface area contributed by atoms with Crippen LogP contribution in [0, 0.1) is 5.21 Å². The number of rotatable bonds is 5. The van der Waals surface area contributed by atoms with Gasteiger partial charge in [-0.1, -0.05) is 0 Å². The van der Waals surface area contributed by atoms with E-state index in [4.69, 9.17) is 9.62 Å². The zero-order valence-electron chi connectivity index (χ0n) is 10.1. The van der Waals surface area contributed by atoms with Crippen molar-refractivity contribution in [3.05, 3.63) is 53.6 Å². The van der Waals surface area contributed by atoms with Gasteiger partial charge in [0.25, 0.3) is 10.0 Å². The van der Waals surface area contributed by atoms with Gasteiger partial charge in [-0.05, 0) is 24.3 Å². The van der Waals surface area contributed by atoms with Gasteiger partial charge < -0.3 is 9.62 Å². The number of nitrogens with one attached hydrogen (secondary N) is 2. The van der Waals surface area contributed by atoms with E-state index in [0.29, 0.717) is 5.76 Å². The Balaban J connectivity index is 2.10. The van der Waals surface area contributed by atoms with Crippen LogP contribution in [0.3, 0.4) is 0 Å². The highest BCUT2D eigenvalue weighted by molar-refractivity contribution is 7.89. The summed E-state index contributed by atoms with van der Waals surface area (Å²) in [7, 11) is -3.84. The summed E-state index contributed by atoms with van der Waals surface area (Å²) in [6, 6.07) is 8.03. The van der Waals surface area contributed by atoms with Crippen LogP contribution in [0.15, 0.2) is 57.1 Å². The van der Waals surface area contributed by atoms with Crippen LogP contribution in [0.2, 0.25) is 0 Å². The molecule has 0 saturated heterocycles. The van der Waals surface area contributed by atoms with E-state index in [2.05, 4.69) is 5.10 Å². The SMILES string of the molecule is O=S(=O)(N/N=C\c1ccco1)c1ccc([NH+]([O-])O)cc1. The Labute approximate surface area is 114 Å². The van der Waals surface area contributed by atoms with Gasteiger partial charge in [0, 0.05) is 12.1 Å². The average molecular weight is 297 g/mol. The van der Waals surface area contributed by atoms with Crippen molar-refractivity contribution in [2.45, 2.75) is 4.90 Å². The number of nitrogens with zero attached hydrogens (tertiary/aromatic N) is 1. The molecule has 0 aliphatic rings. The molecule has 0 fully saturated rings. The summed E-state index contributed by atoms with van der Waals surface area (Å²) in [4.78, 5) is 1.91. The molecule has 0 bridgehead atoms. The number of sulfonamides is 1. The van der Waals surface area contributed by atoms with Crippen LogP contribution in [0.4, 0.5) is 5.69 Å². The quantitative estimate of drug-likeness (QED) is 0.530.